The summed E-state index contributed by atoms with van der Waals surface area (Å²) in [5, 5.41) is 3.37. The lowest BCUT2D eigenvalue weighted by molar-refractivity contribution is 0.0693. The fourth-order valence-electron chi connectivity index (χ4n) is 2.50. The van der Waals surface area contributed by atoms with Gasteiger partial charge in [-0.3, -0.25) is 14.5 Å². The molecule has 1 atom stereocenters. The van der Waals surface area contributed by atoms with E-state index in [1.807, 2.05) is 6.07 Å². The number of nitrogens with one attached hydrogen (secondary N) is 1. The molecule has 1 aliphatic heterocycles. The zero-order valence-electron chi connectivity index (χ0n) is 11.9. The number of fused-ring (bicyclic) bond motifs is 1. The highest BCUT2D eigenvalue weighted by Gasteiger charge is 2.32. The van der Waals surface area contributed by atoms with Crippen molar-refractivity contribution in [2.45, 2.75) is 33.2 Å². The molecule has 0 saturated carbocycles. The zero-order valence-corrected chi connectivity index (χ0v) is 11.9. The summed E-state index contributed by atoms with van der Waals surface area (Å²) in [6.07, 6.45) is 1.06. The standard InChI is InChI=1S/C15H20N2O2/c1-9(2)7-10(3)16-11-5-6-12-13(8-11)15(19)17(4)14(12)18/h5-6,8-10,16H,7H2,1-4H3. The Hall–Kier alpha value is -1.84. The van der Waals surface area contributed by atoms with E-state index in [1.165, 1.54) is 7.05 Å². The molecule has 2 rings (SSSR count). The smallest absolute Gasteiger partial charge is 0.261 e. The van der Waals surface area contributed by atoms with Crippen molar-refractivity contribution < 1.29 is 9.59 Å². The van der Waals surface area contributed by atoms with Crippen molar-refractivity contribution in [1.29, 1.82) is 0 Å². The molecular weight excluding hydrogens is 240 g/mol. The minimum Gasteiger partial charge on any atom is -0.383 e. The molecule has 102 valence electrons. The summed E-state index contributed by atoms with van der Waals surface area (Å²) in [7, 11) is 1.51. The summed E-state index contributed by atoms with van der Waals surface area (Å²) < 4.78 is 0. The highest BCUT2D eigenvalue weighted by molar-refractivity contribution is 6.21. The number of nitrogens with zero attached hydrogens (tertiary/aromatic N) is 1. The van der Waals surface area contributed by atoms with E-state index in [1.54, 1.807) is 12.1 Å². The van der Waals surface area contributed by atoms with E-state index in [9.17, 15) is 9.59 Å². The summed E-state index contributed by atoms with van der Waals surface area (Å²) in [6, 6.07) is 5.70. The third-order valence-electron chi connectivity index (χ3n) is 3.33. The van der Waals surface area contributed by atoms with E-state index >= 15 is 0 Å². The topological polar surface area (TPSA) is 49.4 Å². The molecular formula is C15H20N2O2. The van der Waals surface area contributed by atoms with E-state index < -0.39 is 0 Å². The van der Waals surface area contributed by atoms with Gasteiger partial charge in [0.2, 0.25) is 0 Å². The normalized spacial score (nSPS) is 15.9. The van der Waals surface area contributed by atoms with Crippen LogP contribution in [0.15, 0.2) is 18.2 Å². The van der Waals surface area contributed by atoms with E-state index in [4.69, 9.17) is 0 Å². The highest BCUT2D eigenvalue weighted by Crippen LogP contribution is 2.25. The first-order valence-corrected chi connectivity index (χ1v) is 6.63. The lowest BCUT2D eigenvalue weighted by Crippen LogP contribution is -2.24. The first kappa shape index (κ1) is 13.6. The SMILES string of the molecule is CC(C)CC(C)Nc1ccc2c(c1)C(=O)N(C)C2=O. The molecule has 0 aromatic heterocycles. The second-order valence-electron chi connectivity index (χ2n) is 5.60. The van der Waals surface area contributed by atoms with Crippen molar-refractivity contribution in [3.05, 3.63) is 29.3 Å². The summed E-state index contributed by atoms with van der Waals surface area (Å²) in [5.41, 5.74) is 1.88. The molecule has 0 saturated heterocycles. The van der Waals surface area contributed by atoms with Gasteiger partial charge in [0.1, 0.15) is 0 Å². The maximum atomic E-state index is 11.9. The van der Waals surface area contributed by atoms with Crippen LogP contribution in [0.1, 0.15) is 47.9 Å². The quantitative estimate of drug-likeness (QED) is 0.847. The molecule has 1 N–H and O–H groups in total. The second kappa shape index (κ2) is 5.03. The maximum Gasteiger partial charge on any atom is 0.261 e. The van der Waals surface area contributed by atoms with Crippen molar-refractivity contribution in [3.8, 4) is 0 Å². The van der Waals surface area contributed by atoms with Crippen LogP contribution >= 0.6 is 0 Å². The van der Waals surface area contributed by atoms with Crippen LogP contribution in [0.5, 0.6) is 0 Å². The number of amides is 2. The first-order valence-electron chi connectivity index (χ1n) is 6.63. The van der Waals surface area contributed by atoms with Gasteiger partial charge in [0, 0.05) is 18.8 Å². The molecule has 1 unspecified atom stereocenters. The molecule has 19 heavy (non-hydrogen) atoms. The van der Waals surface area contributed by atoms with E-state index in [0.717, 1.165) is 17.0 Å². The summed E-state index contributed by atoms with van der Waals surface area (Å²) in [6.45, 7) is 6.47. The van der Waals surface area contributed by atoms with Crippen LogP contribution < -0.4 is 5.32 Å². The number of carbonyl (C=O) groups excluding carboxylic acids is 2. The number of carbonyl (C=O) groups is 2. The molecule has 1 heterocycles. The van der Waals surface area contributed by atoms with Crippen LogP contribution in [0.2, 0.25) is 0 Å². The third kappa shape index (κ3) is 2.62. The minimum atomic E-state index is -0.222. The summed E-state index contributed by atoms with van der Waals surface area (Å²) >= 11 is 0. The predicted octanol–water partition coefficient (Wildman–Crippen LogP) is 2.76. The van der Waals surface area contributed by atoms with Gasteiger partial charge in [-0.25, -0.2) is 0 Å². The number of benzene rings is 1. The molecule has 0 fully saturated rings. The van der Waals surface area contributed by atoms with E-state index in [2.05, 4.69) is 26.1 Å². The first-order chi connectivity index (χ1) is 8.90. The van der Waals surface area contributed by atoms with Crippen LogP contribution in [-0.2, 0) is 0 Å². The van der Waals surface area contributed by atoms with Crippen molar-refractivity contribution in [1.82, 2.24) is 4.90 Å². The molecule has 4 nitrogen and oxygen atoms in total. The maximum absolute atomic E-state index is 11.9. The van der Waals surface area contributed by atoms with Crippen molar-refractivity contribution in [3.63, 3.8) is 0 Å². The molecule has 0 spiro atoms. The Bertz CT molecular complexity index is 523. The predicted molar refractivity (Wildman–Crippen MR) is 75.4 cm³/mol. The average molecular weight is 260 g/mol. The van der Waals surface area contributed by atoms with Gasteiger partial charge in [-0.2, -0.15) is 0 Å². The van der Waals surface area contributed by atoms with Crippen LogP contribution in [-0.4, -0.2) is 29.8 Å². The van der Waals surface area contributed by atoms with Gasteiger partial charge in [-0.1, -0.05) is 13.8 Å². The highest BCUT2D eigenvalue weighted by atomic mass is 16.2. The van der Waals surface area contributed by atoms with Gasteiger partial charge >= 0.3 is 0 Å². The second-order valence-corrected chi connectivity index (χ2v) is 5.60. The Kier molecular flexibility index (Phi) is 3.60. The van der Waals surface area contributed by atoms with Gasteiger partial charge in [0.15, 0.2) is 0 Å². The average Bonchev–Trinajstić information content (AvgIpc) is 2.53. The number of anilines is 1. The van der Waals surface area contributed by atoms with Crippen LogP contribution in [0.25, 0.3) is 0 Å². The molecule has 4 heteroatoms. The van der Waals surface area contributed by atoms with E-state index in [-0.39, 0.29) is 11.8 Å². The van der Waals surface area contributed by atoms with Crippen molar-refractivity contribution in [2.24, 2.45) is 5.92 Å². The van der Waals surface area contributed by atoms with Crippen LogP contribution in [0.3, 0.4) is 0 Å². The minimum absolute atomic E-state index is 0.221. The molecule has 0 radical (unpaired) electrons. The Balaban J connectivity index is 2.19. The Morgan fingerprint density at radius 2 is 1.74 bits per heavy atom. The zero-order chi connectivity index (χ0) is 14.2. The van der Waals surface area contributed by atoms with Gasteiger partial charge in [-0.15, -0.1) is 0 Å². The van der Waals surface area contributed by atoms with Crippen molar-refractivity contribution in [2.75, 3.05) is 12.4 Å². The molecule has 1 aromatic carbocycles. The molecule has 2 amide bonds. The van der Waals surface area contributed by atoms with E-state index in [0.29, 0.717) is 23.1 Å². The van der Waals surface area contributed by atoms with Crippen LogP contribution in [0, 0.1) is 5.92 Å². The van der Waals surface area contributed by atoms with Crippen LogP contribution in [0.4, 0.5) is 5.69 Å². The molecule has 0 aliphatic carbocycles. The number of hydrogen-bond donors (Lipinski definition) is 1. The fourth-order valence-corrected chi connectivity index (χ4v) is 2.50. The van der Waals surface area contributed by atoms with Crippen molar-refractivity contribution >= 4 is 17.5 Å². The van der Waals surface area contributed by atoms with Gasteiger partial charge in [0.05, 0.1) is 11.1 Å². The molecule has 1 aromatic rings. The Morgan fingerprint density at radius 3 is 2.37 bits per heavy atom. The fraction of sp³-hybridized carbons (Fsp3) is 0.467. The lowest BCUT2D eigenvalue weighted by atomic mass is 10.0. The summed E-state index contributed by atoms with van der Waals surface area (Å²) in [5.74, 6) is 0.174. The van der Waals surface area contributed by atoms with Gasteiger partial charge in [-0.05, 0) is 37.5 Å². The monoisotopic (exact) mass is 260 g/mol. The summed E-state index contributed by atoms with van der Waals surface area (Å²) in [4.78, 5) is 24.8. The van der Waals surface area contributed by atoms with Gasteiger partial charge in [0.25, 0.3) is 11.8 Å². The number of hydrogen-bond acceptors (Lipinski definition) is 3. The Morgan fingerprint density at radius 1 is 1.11 bits per heavy atom. The van der Waals surface area contributed by atoms with Gasteiger partial charge < -0.3 is 5.32 Å². The Labute approximate surface area is 113 Å². The largest absolute Gasteiger partial charge is 0.383 e. The number of rotatable bonds is 4. The third-order valence-corrected chi connectivity index (χ3v) is 3.33. The molecule has 1 aliphatic rings. The lowest BCUT2D eigenvalue weighted by Gasteiger charge is -2.17. The molecule has 0 bridgehead atoms. The number of imide groups is 1.